The number of esters is 1. The van der Waals surface area contributed by atoms with Crippen LogP contribution in [0.4, 0.5) is 0 Å². The van der Waals surface area contributed by atoms with E-state index in [1.165, 1.54) is 7.11 Å². The fourth-order valence-electron chi connectivity index (χ4n) is 1.63. The molecule has 0 aliphatic rings. The van der Waals surface area contributed by atoms with Gasteiger partial charge in [-0.3, -0.25) is 4.79 Å². The van der Waals surface area contributed by atoms with Gasteiger partial charge in [0.1, 0.15) is 5.69 Å². The maximum Gasteiger partial charge on any atom is 0.340 e. The van der Waals surface area contributed by atoms with Crippen LogP contribution in [0.3, 0.4) is 0 Å². The Hall–Kier alpha value is -2.01. The van der Waals surface area contributed by atoms with Crippen molar-refractivity contribution in [2.24, 2.45) is 0 Å². The molecule has 0 aliphatic heterocycles. The van der Waals surface area contributed by atoms with E-state index in [9.17, 15) is 9.59 Å². The van der Waals surface area contributed by atoms with E-state index in [1.807, 2.05) is 24.3 Å². The molecular formula is C14H10BrNO3. The maximum atomic E-state index is 11.5. The van der Waals surface area contributed by atoms with Crippen LogP contribution in [0, 0.1) is 0 Å². The molecule has 0 radical (unpaired) electrons. The molecule has 0 bridgehead atoms. The van der Waals surface area contributed by atoms with E-state index in [0.717, 1.165) is 10.0 Å². The Morgan fingerprint density at radius 2 is 1.89 bits per heavy atom. The highest BCUT2D eigenvalue weighted by Gasteiger charge is 2.13. The lowest BCUT2D eigenvalue weighted by Crippen LogP contribution is -2.07. The smallest absolute Gasteiger partial charge is 0.340 e. The highest BCUT2D eigenvalue weighted by Crippen LogP contribution is 2.21. The molecular weight excluding hydrogens is 310 g/mol. The second-order valence-electron chi connectivity index (χ2n) is 3.75. The summed E-state index contributed by atoms with van der Waals surface area (Å²) in [5.41, 5.74) is 1.73. The molecule has 0 saturated carbocycles. The third-order valence-electron chi connectivity index (χ3n) is 2.58. The number of hydrogen-bond acceptors (Lipinski definition) is 4. The quantitative estimate of drug-likeness (QED) is 0.644. The molecule has 0 aliphatic carbocycles. The molecule has 5 heteroatoms. The summed E-state index contributed by atoms with van der Waals surface area (Å²) in [6.45, 7) is 0. The van der Waals surface area contributed by atoms with Crippen molar-refractivity contribution in [2.45, 2.75) is 0 Å². The average Bonchev–Trinajstić information content (AvgIpc) is 2.46. The van der Waals surface area contributed by atoms with E-state index in [0.29, 0.717) is 12.0 Å². The van der Waals surface area contributed by atoms with E-state index < -0.39 is 5.97 Å². The van der Waals surface area contributed by atoms with Crippen LogP contribution in [0.5, 0.6) is 0 Å². The Labute approximate surface area is 118 Å². The third kappa shape index (κ3) is 2.88. The Balaban J connectivity index is 2.47. The summed E-state index contributed by atoms with van der Waals surface area (Å²) in [6.07, 6.45) is 0.550. The molecule has 4 nitrogen and oxygen atoms in total. The van der Waals surface area contributed by atoms with Gasteiger partial charge in [-0.05, 0) is 24.3 Å². The van der Waals surface area contributed by atoms with Gasteiger partial charge in [-0.1, -0.05) is 28.1 Å². The Morgan fingerprint density at radius 3 is 2.47 bits per heavy atom. The van der Waals surface area contributed by atoms with Crippen LogP contribution in [-0.2, 0) is 4.74 Å². The largest absolute Gasteiger partial charge is 0.465 e. The third-order valence-corrected chi connectivity index (χ3v) is 3.11. The molecule has 0 fully saturated rings. The minimum absolute atomic E-state index is 0.0762. The number of methoxy groups -OCH3 is 1. The summed E-state index contributed by atoms with van der Waals surface area (Å²) in [7, 11) is 1.26. The summed E-state index contributed by atoms with van der Waals surface area (Å²) in [5, 5.41) is 0. The van der Waals surface area contributed by atoms with Gasteiger partial charge in [0.2, 0.25) is 0 Å². The summed E-state index contributed by atoms with van der Waals surface area (Å²) >= 11 is 3.35. The van der Waals surface area contributed by atoms with Crippen molar-refractivity contribution in [1.82, 2.24) is 4.98 Å². The Bertz CT molecular complexity index is 623. The van der Waals surface area contributed by atoms with Gasteiger partial charge in [-0.2, -0.15) is 0 Å². The Morgan fingerprint density at radius 1 is 1.21 bits per heavy atom. The number of halogens is 1. The number of aldehydes is 1. The average molecular weight is 320 g/mol. The van der Waals surface area contributed by atoms with Gasteiger partial charge in [0.05, 0.1) is 18.4 Å². The number of pyridine rings is 1. The van der Waals surface area contributed by atoms with E-state index in [4.69, 9.17) is 0 Å². The lowest BCUT2D eigenvalue weighted by atomic mass is 10.1. The number of carbonyl (C=O) groups excluding carboxylic acids is 2. The predicted octanol–water partition coefficient (Wildman–Crippen LogP) is 3.11. The van der Waals surface area contributed by atoms with Gasteiger partial charge in [0.15, 0.2) is 6.29 Å². The molecule has 2 rings (SSSR count). The molecule has 96 valence electrons. The van der Waals surface area contributed by atoms with Crippen LogP contribution in [0.15, 0.2) is 40.9 Å². The molecule has 1 heterocycles. The molecule has 0 spiro atoms. The normalized spacial score (nSPS) is 10.0. The molecule has 1 aromatic heterocycles. The molecule has 19 heavy (non-hydrogen) atoms. The van der Waals surface area contributed by atoms with Gasteiger partial charge in [-0.15, -0.1) is 0 Å². The van der Waals surface area contributed by atoms with Crippen molar-refractivity contribution in [3.05, 3.63) is 52.1 Å². The van der Waals surface area contributed by atoms with Crippen molar-refractivity contribution in [3.8, 4) is 11.3 Å². The van der Waals surface area contributed by atoms with Crippen LogP contribution in [0.1, 0.15) is 20.8 Å². The fourth-order valence-corrected chi connectivity index (χ4v) is 1.89. The second kappa shape index (κ2) is 5.75. The Kier molecular flexibility index (Phi) is 4.06. The summed E-state index contributed by atoms with van der Waals surface area (Å²) in [5.74, 6) is -0.572. The molecule has 0 unspecified atom stereocenters. The molecule has 1 aromatic carbocycles. The van der Waals surface area contributed by atoms with Gasteiger partial charge < -0.3 is 4.74 Å². The van der Waals surface area contributed by atoms with Crippen molar-refractivity contribution >= 4 is 28.2 Å². The lowest BCUT2D eigenvalue weighted by molar-refractivity contribution is 0.0597. The van der Waals surface area contributed by atoms with Crippen molar-refractivity contribution < 1.29 is 14.3 Å². The molecule has 0 saturated heterocycles. The number of rotatable bonds is 3. The lowest BCUT2D eigenvalue weighted by Gasteiger charge is -2.05. The summed E-state index contributed by atoms with van der Waals surface area (Å²) < 4.78 is 5.55. The highest BCUT2D eigenvalue weighted by atomic mass is 79.9. The van der Waals surface area contributed by atoms with E-state index in [-0.39, 0.29) is 11.3 Å². The number of aromatic nitrogens is 1. The monoisotopic (exact) mass is 319 g/mol. The van der Waals surface area contributed by atoms with Crippen LogP contribution in [-0.4, -0.2) is 24.3 Å². The van der Waals surface area contributed by atoms with Crippen molar-refractivity contribution in [1.29, 1.82) is 0 Å². The highest BCUT2D eigenvalue weighted by molar-refractivity contribution is 9.10. The first-order valence-corrected chi connectivity index (χ1v) is 6.25. The zero-order valence-corrected chi connectivity index (χ0v) is 11.7. The number of carbonyl (C=O) groups is 2. The van der Waals surface area contributed by atoms with Gasteiger partial charge >= 0.3 is 5.97 Å². The van der Waals surface area contributed by atoms with Crippen LogP contribution < -0.4 is 0 Å². The minimum Gasteiger partial charge on any atom is -0.465 e. The van der Waals surface area contributed by atoms with Crippen LogP contribution >= 0.6 is 15.9 Å². The first-order valence-electron chi connectivity index (χ1n) is 5.46. The van der Waals surface area contributed by atoms with Crippen LogP contribution in [0.25, 0.3) is 11.3 Å². The summed E-state index contributed by atoms with van der Waals surface area (Å²) in [6, 6.07) is 10.7. The molecule has 2 aromatic rings. The first kappa shape index (κ1) is 13.4. The molecule has 0 N–H and O–H groups in total. The van der Waals surface area contributed by atoms with E-state index in [1.54, 1.807) is 12.1 Å². The minimum atomic E-state index is -0.572. The number of hydrogen-bond donors (Lipinski definition) is 0. The zero-order chi connectivity index (χ0) is 13.8. The second-order valence-corrected chi connectivity index (χ2v) is 4.66. The van der Waals surface area contributed by atoms with E-state index in [2.05, 4.69) is 25.7 Å². The topological polar surface area (TPSA) is 56.3 Å². The van der Waals surface area contributed by atoms with Crippen molar-refractivity contribution in [2.75, 3.05) is 7.11 Å². The fraction of sp³-hybridized carbons (Fsp3) is 0.0714. The predicted molar refractivity (Wildman–Crippen MR) is 74.1 cm³/mol. The molecule has 0 amide bonds. The SMILES string of the molecule is COC(=O)c1ccc(-c2ccc(Br)cc2)nc1C=O. The van der Waals surface area contributed by atoms with E-state index >= 15 is 0 Å². The van der Waals surface area contributed by atoms with Gasteiger partial charge in [0, 0.05) is 10.0 Å². The van der Waals surface area contributed by atoms with Gasteiger partial charge in [0.25, 0.3) is 0 Å². The first-order chi connectivity index (χ1) is 9.15. The summed E-state index contributed by atoms with van der Waals surface area (Å²) in [4.78, 5) is 26.6. The molecule has 0 atom stereocenters. The maximum absolute atomic E-state index is 11.5. The standard InChI is InChI=1S/C14H10BrNO3/c1-19-14(18)11-6-7-12(16-13(11)8-17)9-2-4-10(15)5-3-9/h2-8H,1H3. The number of ether oxygens (including phenoxy) is 1. The van der Waals surface area contributed by atoms with Gasteiger partial charge in [-0.25, -0.2) is 9.78 Å². The number of benzene rings is 1. The number of nitrogens with zero attached hydrogens (tertiary/aromatic N) is 1. The zero-order valence-electron chi connectivity index (χ0n) is 10.1. The van der Waals surface area contributed by atoms with Crippen molar-refractivity contribution in [3.63, 3.8) is 0 Å². The van der Waals surface area contributed by atoms with Crippen LogP contribution in [0.2, 0.25) is 0 Å².